The van der Waals surface area contributed by atoms with E-state index < -0.39 is 0 Å². The van der Waals surface area contributed by atoms with Gasteiger partial charge in [-0.2, -0.15) is 0 Å². The summed E-state index contributed by atoms with van der Waals surface area (Å²) >= 11 is 0. The molecule has 0 unspecified atom stereocenters. The van der Waals surface area contributed by atoms with Crippen molar-refractivity contribution < 1.29 is 4.79 Å². The van der Waals surface area contributed by atoms with Crippen molar-refractivity contribution in [1.29, 1.82) is 0 Å². The number of amides is 1. The summed E-state index contributed by atoms with van der Waals surface area (Å²) in [6.07, 6.45) is 4.32. The number of nitrogens with zero attached hydrogens (tertiary/aromatic N) is 2. The quantitative estimate of drug-likeness (QED) is 0.804. The normalized spacial score (nSPS) is 9.50. The number of anilines is 1. The van der Waals surface area contributed by atoms with Gasteiger partial charge in [0.05, 0.1) is 12.1 Å². The van der Waals surface area contributed by atoms with Gasteiger partial charge in [0.15, 0.2) is 0 Å². The molecule has 0 atom stereocenters. The average Bonchev–Trinajstić information content (AvgIpc) is 2.47. The number of nitrogens with one attached hydrogen (secondary N) is 1. The summed E-state index contributed by atoms with van der Waals surface area (Å²) in [5.41, 5.74) is 8.34. The first-order valence-electron chi connectivity index (χ1n) is 6.06. The van der Waals surface area contributed by atoms with E-state index in [-0.39, 0.29) is 5.91 Å². The van der Waals surface area contributed by atoms with Gasteiger partial charge in [-0.1, -0.05) is 11.8 Å². The Morgan fingerprint density at radius 2 is 2.10 bits per heavy atom. The molecule has 1 amide bonds. The maximum Gasteiger partial charge on any atom is 0.258 e. The molecule has 20 heavy (non-hydrogen) atoms. The zero-order valence-electron chi connectivity index (χ0n) is 11.1. The van der Waals surface area contributed by atoms with E-state index in [1.54, 1.807) is 6.07 Å². The third-order valence-electron chi connectivity index (χ3n) is 2.63. The first-order chi connectivity index (χ1) is 9.70. The summed E-state index contributed by atoms with van der Waals surface area (Å²) in [5.74, 6) is 5.54. The third kappa shape index (κ3) is 3.40. The van der Waals surface area contributed by atoms with Gasteiger partial charge in [0.2, 0.25) is 0 Å². The number of aromatic nitrogens is 2. The molecule has 0 aliphatic rings. The van der Waals surface area contributed by atoms with E-state index in [4.69, 9.17) is 5.73 Å². The summed E-state index contributed by atoms with van der Waals surface area (Å²) < 4.78 is 0. The van der Waals surface area contributed by atoms with Gasteiger partial charge >= 0.3 is 0 Å². The molecule has 0 radical (unpaired) electrons. The fraction of sp³-hybridized carbons (Fsp3) is 0.133. The maximum atomic E-state index is 11.9. The molecule has 3 N–H and O–H groups in total. The van der Waals surface area contributed by atoms with E-state index in [0.717, 1.165) is 11.1 Å². The minimum absolute atomic E-state index is 0.245. The summed E-state index contributed by atoms with van der Waals surface area (Å²) in [4.78, 5) is 19.6. The standard InChI is InChI=1S/C15H14N4O/c1-11-7-14(5-4-12(11)3-2-6-16)19-15(20)13-8-17-10-18-9-13/h4-5,7-10H,6,16H2,1H3,(H,19,20). The van der Waals surface area contributed by atoms with Crippen LogP contribution in [0.4, 0.5) is 5.69 Å². The van der Waals surface area contributed by atoms with Gasteiger partial charge in [-0.3, -0.25) is 4.79 Å². The number of aryl methyl sites for hydroxylation is 1. The molecular formula is C15H14N4O. The smallest absolute Gasteiger partial charge is 0.258 e. The molecule has 0 aliphatic heterocycles. The van der Waals surface area contributed by atoms with Gasteiger partial charge in [0, 0.05) is 23.6 Å². The molecule has 100 valence electrons. The summed E-state index contributed by atoms with van der Waals surface area (Å²) in [6.45, 7) is 2.26. The largest absolute Gasteiger partial charge is 0.322 e. The predicted octanol–water partition coefficient (Wildman–Crippen LogP) is 1.35. The fourth-order valence-electron chi connectivity index (χ4n) is 1.65. The Kier molecular flexibility index (Phi) is 4.43. The van der Waals surface area contributed by atoms with Gasteiger partial charge in [-0.15, -0.1) is 0 Å². The van der Waals surface area contributed by atoms with E-state index in [0.29, 0.717) is 17.8 Å². The number of carbonyl (C=O) groups is 1. The summed E-state index contributed by atoms with van der Waals surface area (Å²) in [5, 5.41) is 2.79. The second-order valence-corrected chi connectivity index (χ2v) is 4.12. The Morgan fingerprint density at radius 3 is 2.75 bits per heavy atom. The van der Waals surface area contributed by atoms with Crippen molar-refractivity contribution in [2.75, 3.05) is 11.9 Å². The lowest BCUT2D eigenvalue weighted by molar-refractivity contribution is 0.102. The highest BCUT2D eigenvalue weighted by Gasteiger charge is 2.07. The highest BCUT2D eigenvalue weighted by Crippen LogP contribution is 2.15. The van der Waals surface area contributed by atoms with Gasteiger partial charge < -0.3 is 11.1 Å². The molecule has 0 aliphatic carbocycles. The number of hydrogen-bond acceptors (Lipinski definition) is 4. The molecule has 5 heteroatoms. The third-order valence-corrected chi connectivity index (χ3v) is 2.63. The van der Waals surface area contributed by atoms with Crippen LogP contribution in [0.2, 0.25) is 0 Å². The van der Waals surface area contributed by atoms with Crippen LogP contribution in [-0.4, -0.2) is 22.4 Å². The van der Waals surface area contributed by atoms with E-state index in [1.807, 2.05) is 19.1 Å². The van der Waals surface area contributed by atoms with Crippen LogP contribution in [0.25, 0.3) is 0 Å². The number of benzene rings is 1. The first-order valence-corrected chi connectivity index (χ1v) is 6.06. The monoisotopic (exact) mass is 266 g/mol. The Morgan fingerprint density at radius 1 is 1.35 bits per heavy atom. The predicted molar refractivity (Wildman–Crippen MR) is 77.1 cm³/mol. The Balaban J connectivity index is 2.15. The van der Waals surface area contributed by atoms with E-state index in [2.05, 4.69) is 27.1 Å². The molecule has 1 heterocycles. The number of hydrogen-bond donors (Lipinski definition) is 2. The van der Waals surface area contributed by atoms with Crippen LogP contribution in [0.3, 0.4) is 0 Å². The van der Waals surface area contributed by atoms with Gasteiger partial charge in [0.1, 0.15) is 6.33 Å². The van der Waals surface area contributed by atoms with Crippen LogP contribution in [0.1, 0.15) is 21.5 Å². The van der Waals surface area contributed by atoms with Crippen LogP contribution in [0.5, 0.6) is 0 Å². The fourth-order valence-corrected chi connectivity index (χ4v) is 1.65. The zero-order valence-corrected chi connectivity index (χ0v) is 11.1. The number of nitrogens with two attached hydrogens (primary N) is 1. The van der Waals surface area contributed by atoms with Crippen molar-refractivity contribution in [1.82, 2.24) is 9.97 Å². The van der Waals surface area contributed by atoms with Crippen molar-refractivity contribution in [2.24, 2.45) is 5.73 Å². The molecule has 2 rings (SSSR count). The van der Waals surface area contributed by atoms with E-state index in [1.165, 1.54) is 18.7 Å². The maximum absolute atomic E-state index is 11.9. The SMILES string of the molecule is Cc1cc(NC(=O)c2cncnc2)ccc1C#CCN. The lowest BCUT2D eigenvalue weighted by atomic mass is 10.1. The number of rotatable bonds is 2. The minimum Gasteiger partial charge on any atom is -0.322 e. The van der Waals surface area contributed by atoms with Crippen LogP contribution in [-0.2, 0) is 0 Å². The highest BCUT2D eigenvalue weighted by atomic mass is 16.1. The second kappa shape index (κ2) is 6.45. The molecule has 1 aromatic heterocycles. The highest BCUT2D eigenvalue weighted by molar-refractivity contribution is 6.03. The van der Waals surface area contributed by atoms with Gasteiger partial charge in [-0.05, 0) is 30.7 Å². The van der Waals surface area contributed by atoms with Crippen molar-refractivity contribution in [3.8, 4) is 11.8 Å². The molecular weight excluding hydrogens is 252 g/mol. The Labute approximate surface area is 117 Å². The summed E-state index contributed by atoms with van der Waals surface area (Å²) in [7, 11) is 0. The van der Waals surface area contributed by atoms with Crippen LogP contribution in [0.15, 0.2) is 36.9 Å². The lowest BCUT2D eigenvalue weighted by Gasteiger charge is -2.06. The Bertz CT molecular complexity index is 671. The van der Waals surface area contributed by atoms with Crippen molar-refractivity contribution in [3.05, 3.63) is 53.6 Å². The molecule has 1 aromatic carbocycles. The van der Waals surface area contributed by atoms with Crippen molar-refractivity contribution >= 4 is 11.6 Å². The van der Waals surface area contributed by atoms with E-state index >= 15 is 0 Å². The topological polar surface area (TPSA) is 80.9 Å². The molecule has 2 aromatic rings. The minimum atomic E-state index is -0.245. The van der Waals surface area contributed by atoms with E-state index in [9.17, 15) is 4.79 Å². The van der Waals surface area contributed by atoms with Crippen LogP contribution >= 0.6 is 0 Å². The first kappa shape index (κ1) is 13.7. The molecule has 5 nitrogen and oxygen atoms in total. The van der Waals surface area contributed by atoms with Gasteiger partial charge in [-0.25, -0.2) is 9.97 Å². The van der Waals surface area contributed by atoms with Crippen molar-refractivity contribution in [2.45, 2.75) is 6.92 Å². The molecule has 0 spiro atoms. The number of carbonyl (C=O) groups excluding carboxylic acids is 1. The average molecular weight is 266 g/mol. The molecule has 0 bridgehead atoms. The van der Waals surface area contributed by atoms with Crippen LogP contribution in [0, 0.1) is 18.8 Å². The summed E-state index contributed by atoms with van der Waals surface area (Å²) in [6, 6.07) is 5.52. The van der Waals surface area contributed by atoms with Gasteiger partial charge in [0.25, 0.3) is 5.91 Å². The molecule has 0 saturated heterocycles. The zero-order chi connectivity index (χ0) is 14.4. The lowest BCUT2D eigenvalue weighted by Crippen LogP contribution is -2.12. The second-order valence-electron chi connectivity index (χ2n) is 4.12. The van der Waals surface area contributed by atoms with Crippen molar-refractivity contribution in [3.63, 3.8) is 0 Å². The molecule has 0 saturated carbocycles. The van der Waals surface area contributed by atoms with Crippen LogP contribution < -0.4 is 11.1 Å². The Hall–Kier alpha value is -2.71. The molecule has 0 fully saturated rings.